The van der Waals surface area contributed by atoms with Crippen LogP contribution in [-0.2, 0) is 12.8 Å². The minimum absolute atomic E-state index is 0.0618. The highest BCUT2D eigenvalue weighted by Crippen LogP contribution is 2.13. The summed E-state index contributed by atoms with van der Waals surface area (Å²) >= 11 is 0. The number of hydrogen-bond acceptors (Lipinski definition) is 4. The monoisotopic (exact) mass is 223 g/mol. The molecular formula is C12H21N3O. The Bertz CT molecular complexity index is 324. The summed E-state index contributed by atoms with van der Waals surface area (Å²) < 4.78 is 0. The van der Waals surface area contributed by atoms with Crippen LogP contribution < -0.4 is 5.32 Å². The van der Waals surface area contributed by atoms with Gasteiger partial charge in [0, 0.05) is 6.20 Å². The summed E-state index contributed by atoms with van der Waals surface area (Å²) in [7, 11) is 0. The van der Waals surface area contributed by atoms with Crippen molar-refractivity contribution in [3.05, 3.63) is 17.6 Å². The molecule has 0 fully saturated rings. The average Bonchev–Trinajstić information content (AvgIpc) is 2.35. The number of hydrogen-bond donors (Lipinski definition) is 2. The average molecular weight is 223 g/mol. The lowest BCUT2D eigenvalue weighted by molar-refractivity contribution is 0.271. The number of anilines is 1. The summed E-state index contributed by atoms with van der Waals surface area (Å²) in [5.74, 6) is 0.822. The maximum atomic E-state index is 9.17. The molecule has 0 radical (unpaired) electrons. The minimum Gasteiger partial charge on any atom is -0.394 e. The third-order valence-electron chi connectivity index (χ3n) is 2.65. The molecule has 0 unspecified atom stereocenters. The molecule has 1 atom stereocenters. The van der Waals surface area contributed by atoms with E-state index < -0.39 is 0 Å². The fourth-order valence-corrected chi connectivity index (χ4v) is 1.47. The van der Waals surface area contributed by atoms with Gasteiger partial charge in [-0.1, -0.05) is 20.8 Å². The Labute approximate surface area is 97.1 Å². The lowest BCUT2D eigenvalue weighted by Crippen LogP contribution is -2.24. The first kappa shape index (κ1) is 12.9. The van der Waals surface area contributed by atoms with Gasteiger partial charge in [-0.05, 0) is 19.3 Å². The molecule has 1 heterocycles. The number of aryl methyl sites for hydroxylation is 2. The fourth-order valence-electron chi connectivity index (χ4n) is 1.47. The molecule has 0 aliphatic carbocycles. The topological polar surface area (TPSA) is 58.0 Å². The zero-order valence-corrected chi connectivity index (χ0v) is 10.3. The van der Waals surface area contributed by atoms with E-state index in [4.69, 9.17) is 5.11 Å². The third kappa shape index (κ3) is 3.17. The highest BCUT2D eigenvalue weighted by Gasteiger charge is 2.10. The minimum atomic E-state index is 0.0618. The maximum Gasteiger partial charge on any atom is 0.148 e. The fraction of sp³-hybridized carbons (Fsp3) is 0.667. The van der Waals surface area contributed by atoms with E-state index in [-0.39, 0.29) is 12.6 Å². The number of nitrogens with zero attached hydrogens (tertiary/aromatic N) is 2. The number of nitrogens with one attached hydrogen (secondary N) is 1. The zero-order valence-electron chi connectivity index (χ0n) is 10.3. The lowest BCUT2D eigenvalue weighted by Gasteiger charge is -2.17. The predicted molar refractivity (Wildman–Crippen MR) is 65.6 cm³/mol. The van der Waals surface area contributed by atoms with Crippen LogP contribution in [0.3, 0.4) is 0 Å². The Balaban J connectivity index is 2.90. The van der Waals surface area contributed by atoms with Crippen LogP contribution in [0.5, 0.6) is 0 Å². The SMILES string of the molecule is CCc1cnc(CC)c(N[C@@H](CC)CO)n1. The summed E-state index contributed by atoms with van der Waals surface area (Å²) in [5.41, 5.74) is 1.94. The van der Waals surface area contributed by atoms with Crippen LogP contribution in [0.2, 0.25) is 0 Å². The summed E-state index contributed by atoms with van der Waals surface area (Å²) in [6.07, 6.45) is 4.42. The highest BCUT2D eigenvalue weighted by molar-refractivity contribution is 5.41. The molecule has 0 aromatic carbocycles. The molecule has 4 nitrogen and oxygen atoms in total. The molecule has 0 aliphatic heterocycles. The summed E-state index contributed by atoms with van der Waals surface area (Å²) in [6.45, 7) is 6.28. The second-order valence-corrected chi connectivity index (χ2v) is 3.80. The van der Waals surface area contributed by atoms with Crippen LogP contribution in [0.4, 0.5) is 5.82 Å². The first-order chi connectivity index (χ1) is 7.74. The molecule has 4 heteroatoms. The highest BCUT2D eigenvalue weighted by atomic mass is 16.3. The third-order valence-corrected chi connectivity index (χ3v) is 2.65. The van der Waals surface area contributed by atoms with E-state index in [0.29, 0.717) is 0 Å². The quantitative estimate of drug-likeness (QED) is 0.772. The van der Waals surface area contributed by atoms with Crippen LogP contribution in [0.15, 0.2) is 6.20 Å². The normalized spacial score (nSPS) is 12.5. The maximum absolute atomic E-state index is 9.17. The number of aliphatic hydroxyl groups excluding tert-OH is 1. The van der Waals surface area contributed by atoms with Gasteiger partial charge in [-0.2, -0.15) is 0 Å². The van der Waals surface area contributed by atoms with Crippen molar-refractivity contribution in [2.75, 3.05) is 11.9 Å². The van der Waals surface area contributed by atoms with Gasteiger partial charge in [0.05, 0.1) is 24.0 Å². The van der Waals surface area contributed by atoms with Crippen molar-refractivity contribution < 1.29 is 5.11 Å². The van der Waals surface area contributed by atoms with Gasteiger partial charge in [-0.25, -0.2) is 4.98 Å². The van der Waals surface area contributed by atoms with Gasteiger partial charge in [0.15, 0.2) is 0 Å². The van der Waals surface area contributed by atoms with E-state index in [1.807, 2.05) is 13.1 Å². The van der Waals surface area contributed by atoms with E-state index in [9.17, 15) is 0 Å². The summed E-state index contributed by atoms with van der Waals surface area (Å²) in [6, 6.07) is 0.0618. The van der Waals surface area contributed by atoms with E-state index in [1.165, 1.54) is 0 Å². The van der Waals surface area contributed by atoms with Crippen molar-refractivity contribution in [3.8, 4) is 0 Å². The van der Waals surface area contributed by atoms with Gasteiger partial charge in [0.1, 0.15) is 5.82 Å². The van der Waals surface area contributed by atoms with Crippen molar-refractivity contribution in [2.45, 2.75) is 46.1 Å². The molecule has 1 aromatic rings. The first-order valence-electron chi connectivity index (χ1n) is 5.97. The number of rotatable bonds is 6. The Morgan fingerprint density at radius 2 is 2.06 bits per heavy atom. The smallest absolute Gasteiger partial charge is 0.148 e. The molecule has 90 valence electrons. The standard InChI is InChI=1S/C12H21N3O/c1-4-9-7-13-11(6-3)12(14-9)15-10(5-2)8-16/h7,10,16H,4-6,8H2,1-3H3,(H,14,15)/t10-/m0/s1. The van der Waals surface area contributed by atoms with Crippen LogP contribution in [0.1, 0.15) is 38.6 Å². The van der Waals surface area contributed by atoms with Gasteiger partial charge in [0.25, 0.3) is 0 Å². The van der Waals surface area contributed by atoms with Crippen LogP contribution in [0, 0.1) is 0 Å². The molecule has 1 rings (SSSR count). The van der Waals surface area contributed by atoms with Gasteiger partial charge < -0.3 is 10.4 Å². The largest absolute Gasteiger partial charge is 0.394 e. The van der Waals surface area contributed by atoms with Crippen molar-refractivity contribution in [1.82, 2.24) is 9.97 Å². The second kappa shape index (κ2) is 6.43. The molecule has 0 aliphatic rings. The molecule has 1 aromatic heterocycles. The summed E-state index contributed by atoms with van der Waals surface area (Å²) in [4.78, 5) is 8.90. The Hall–Kier alpha value is -1.16. The molecule has 0 saturated carbocycles. The molecule has 0 saturated heterocycles. The van der Waals surface area contributed by atoms with Gasteiger partial charge >= 0.3 is 0 Å². The van der Waals surface area contributed by atoms with Gasteiger partial charge in [-0.3, -0.25) is 4.98 Å². The van der Waals surface area contributed by atoms with E-state index in [1.54, 1.807) is 0 Å². The number of aliphatic hydroxyl groups is 1. The molecule has 2 N–H and O–H groups in total. The van der Waals surface area contributed by atoms with Crippen molar-refractivity contribution in [2.24, 2.45) is 0 Å². The zero-order chi connectivity index (χ0) is 12.0. The van der Waals surface area contributed by atoms with Crippen molar-refractivity contribution >= 4 is 5.82 Å². The van der Waals surface area contributed by atoms with Gasteiger partial charge in [-0.15, -0.1) is 0 Å². The second-order valence-electron chi connectivity index (χ2n) is 3.80. The summed E-state index contributed by atoms with van der Waals surface area (Å²) in [5, 5.41) is 12.4. The van der Waals surface area contributed by atoms with E-state index in [0.717, 1.165) is 36.5 Å². The molecule has 0 spiro atoms. The molecule has 16 heavy (non-hydrogen) atoms. The van der Waals surface area contributed by atoms with Crippen molar-refractivity contribution in [3.63, 3.8) is 0 Å². The first-order valence-corrected chi connectivity index (χ1v) is 5.97. The lowest BCUT2D eigenvalue weighted by atomic mass is 10.2. The Morgan fingerprint density at radius 1 is 1.31 bits per heavy atom. The van der Waals surface area contributed by atoms with E-state index >= 15 is 0 Å². The number of aromatic nitrogens is 2. The Morgan fingerprint density at radius 3 is 2.56 bits per heavy atom. The Kier molecular flexibility index (Phi) is 5.19. The van der Waals surface area contributed by atoms with E-state index in [2.05, 4.69) is 29.1 Å². The molecular weight excluding hydrogens is 202 g/mol. The van der Waals surface area contributed by atoms with Crippen LogP contribution in [-0.4, -0.2) is 27.7 Å². The van der Waals surface area contributed by atoms with Crippen molar-refractivity contribution in [1.29, 1.82) is 0 Å². The van der Waals surface area contributed by atoms with Crippen LogP contribution in [0.25, 0.3) is 0 Å². The molecule has 0 bridgehead atoms. The van der Waals surface area contributed by atoms with Crippen LogP contribution >= 0.6 is 0 Å². The predicted octanol–water partition coefficient (Wildman–Crippen LogP) is 1.78. The van der Waals surface area contributed by atoms with Gasteiger partial charge in [0.2, 0.25) is 0 Å². The molecule has 0 amide bonds.